The molecule has 0 spiro atoms. The topological polar surface area (TPSA) is 223 Å². The van der Waals surface area contributed by atoms with Crippen molar-refractivity contribution in [2.75, 3.05) is 21.2 Å². The Morgan fingerprint density at radius 3 is 2.25 bits per heavy atom. The van der Waals surface area contributed by atoms with Gasteiger partial charge >= 0.3 is 17.9 Å². The number of aliphatic hydroxyl groups excluding tert-OH is 2. The Bertz CT molecular complexity index is 1420. The first-order valence-corrected chi connectivity index (χ1v) is 20.7. The van der Waals surface area contributed by atoms with Gasteiger partial charge in [-0.3, -0.25) is 19.2 Å². The minimum atomic E-state index is -1.52. The number of ether oxygens (including phenoxy) is 8. The lowest BCUT2D eigenvalue weighted by molar-refractivity contribution is -0.344. The fourth-order valence-electron chi connectivity index (χ4n) is 8.30. The molecule has 0 saturated carbocycles. The number of hydrogen-bond acceptors (Lipinski definition) is 17. The minimum Gasteiger partial charge on any atom is -0.462 e. The van der Waals surface area contributed by atoms with Crippen LogP contribution in [0.4, 0.5) is 0 Å². The van der Waals surface area contributed by atoms with Gasteiger partial charge in [-0.2, -0.15) is 0 Å². The lowest BCUT2D eigenvalue weighted by Gasteiger charge is -2.50. The number of cyclic esters (lactones) is 1. The highest BCUT2D eigenvalue weighted by molar-refractivity contribution is 5.91. The summed E-state index contributed by atoms with van der Waals surface area (Å²) in [7, 11) is 4.78. The van der Waals surface area contributed by atoms with Crippen LogP contribution < -0.4 is 0 Å². The van der Waals surface area contributed by atoms with Gasteiger partial charge in [0.1, 0.15) is 42.4 Å². The van der Waals surface area contributed by atoms with Gasteiger partial charge in [0.05, 0.1) is 36.9 Å². The molecular weight excluding hydrogens is 774 g/mol. The number of aldehydes is 1. The predicted octanol–water partition coefficient (Wildman–Crippen LogP) is 2.42. The van der Waals surface area contributed by atoms with E-state index in [-0.39, 0.29) is 50.2 Å². The fraction of sp³-hybridized carbons (Fsp3) is 0.833. The van der Waals surface area contributed by atoms with E-state index >= 15 is 0 Å². The highest BCUT2D eigenvalue weighted by Crippen LogP contribution is 2.37. The zero-order valence-electron chi connectivity index (χ0n) is 36.5. The maximum Gasteiger partial charge on any atom is 0.309 e. The second kappa shape index (κ2) is 22.8. The number of ketones is 1. The van der Waals surface area contributed by atoms with Crippen LogP contribution in [0.3, 0.4) is 0 Å². The van der Waals surface area contributed by atoms with Gasteiger partial charge in [0.25, 0.3) is 0 Å². The minimum absolute atomic E-state index is 0.0627. The molecular formula is C42H69NO16. The molecule has 0 aromatic heterocycles. The van der Waals surface area contributed by atoms with Gasteiger partial charge in [0.2, 0.25) is 0 Å². The predicted molar refractivity (Wildman–Crippen MR) is 210 cm³/mol. The van der Waals surface area contributed by atoms with E-state index in [0.717, 1.165) is 6.92 Å². The summed E-state index contributed by atoms with van der Waals surface area (Å²) in [4.78, 5) is 65.6. The number of aliphatic hydroxyl groups is 3. The molecule has 16 atom stereocenters. The SMILES string of the molecule is CO[C@@H]1[C@@H](O[C@@H]2O[C@H](C)[C@H](O[C@H]3C[C@@](C)(O)[C@@H](OC(=O)CC(C)C)[C@H](C)O3)[C@H](N(C)C)[C@H]2O)[C@@H](CC=O)C[C@@H](C)C(=O)/C=C/C[C@H](O)C[C@@H](C)OC(=O)C[C@H]1OC(C)=O. The van der Waals surface area contributed by atoms with Gasteiger partial charge in [-0.05, 0) is 72.5 Å². The van der Waals surface area contributed by atoms with Crippen LogP contribution >= 0.6 is 0 Å². The second-order valence-corrected chi connectivity index (χ2v) is 17.3. The Hall–Kier alpha value is -2.87. The Morgan fingerprint density at radius 1 is 1.00 bits per heavy atom. The number of hydrogen-bond donors (Lipinski definition) is 3. The Morgan fingerprint density at radius 2 is 1.68 bits per heavy atom. The Balaban J connectivity index is 1.98. The molecule has 338 valence electrons. The molecule has 3 rings (SSSR count). The van der Waals surface area contributed by atoms with E-state index in [9.17, 15) is 39.3 Å². The van der Waals surface area contributed by atoms with E-state index in [4.69, 9.17) is 37.9 Å². The number of allylic oxidation sites excluding steroid dienone is 1. The number of likely N-dealkylation sites (N-methyl/N-ethyl adjacent to an activating group) is 1. The third-order valence-corrected chi connectivity index (χ3v) is 11.1. The summed E-state index contributed by atoms with van der Waals surface area (Å²) in [5.74, 6) is -3.59. The largest absolute Gasteiger partial charge is 0.462 e. The molecule has 0 radical (unpaired) electrons. The standard InChI is InChI=1S/C42H69NO16/c1-22(2)17-32(48)57-40-26(6)54-34(21-42(40,8)51)58-37-25(5)55-41(36(50)35(37)43(9)10)59-38-28(15-16-44)18-23(3)30(47)14-12-13-29(46)19-24(4)53-33(49)20-31(39(38)52-11)56-27(7)45/h12,14,16,22-26,28-29,31,34-41,46,50-51H,13,15,17-21H2,1-11H3/b14-12+/t23-,24-,25-,26+,28+,29+,31-,34+,35-,36-,37+,38+,39+,40+,41+,42-/m1/s1. The Labute approximate surface area is 348 Å². The molecule has 17 nitrogen and oxygen atoms in total. The van der Waals surface area contributed by atoms with Crippen molar-refractivity contribution in [1.82, 2.24) is 4.90 Å². The second-order valence-electron chi connectivity index (χ2n) is 17.3. The molecule has 3 aliphatic rings. The number of esters is 3. The molecule has 3 heterocycles. The van der Waals surface area contributed by atoms with E-state index in [1.165, 1.54) is 13.2 Å². The van der Waals surface area contributed by atoms with Crippen molar-refractivity contribution in [2.24, 2.45) is 17.8 Å². The van der Waals surface area contributed by atoms with Gasteiger partial charge in [0, 0.05) is 45.6 Å². The van der Waals surface area contributed by atoms with E-state index in [2.05, 4.69) is 0 Å². The summed E-state index contributed by atoms with van der Waals surface area (Å²) in [5, 5.41) is 34.0. The van der Waals surface area contributed by atoms with Crippen molar-refractivity contribution < 1.29 is 77.2 Å². The third-order valence-electron chi connectivity index (χ3n) is 11.1. The molecule has 17 heteroatoms. The van der Waals surface area contributed by atoms with Crippen molar-refractivity contribution in [3.63, 3.8) is 0 Å². The third kappa shape index (κ3) is 14.6. The normalized spacial score (nSPS) is 40.0. The monoisotopic (exact) mass is 843 g/mol. The highest BCUT2D eigenvalue weighted by Gasteiger charge is 2.53. The van der Waals surface area contributed by atoms with E-state index in [0.29, 0.717) is 6.29 Å². The molecule has 2 fully saturated rings. The molecule has 0 aromatic rings. The molecule has 0 bridgehead atoms. The maximum absolute atomic E-state index is 13.3. The smallest absolute Gasteiger partial charge is 0.309 e. The van der Waals surface area contributed by atoms with Crippen molar-refractivity contribution in [3.05, 3.63) is 12.2 Å². The molecule has 59 heavy (non-hydrogen) atoms. The average molecular weight is 844 g/mol. The van der Waals surface area contributed by atoms with Gasteiger partial charge < -0.3 is 62.9 Å². The van der Waals surface area contributed by atoms with Crippen molar-refractivity contribution in [2.45, 2.75) is 186 Å². The zero-order chi connectivity index (χ0) is 44.4. The van der Waals surface area contributed by atoms with Gasteiger partial charge in [-0.15, -0.1) is 0 Å². The summed E-state index contributed by atoms with van der Waals surface area (Å²) in [6.45, 7) is 13.2. The van der Waals surface area contributed by atoms with Crippen LogP contribution in [0.2, 0.25) is 0 Å². The number of methoxy groups -OCH3 is 1. The van der Waals surface area contributed by atoms with Crippen LogP contribution in [0.25, 0.3) is 0 Å². The van der Waals surface area contributed by atoms with Crippen molar-refractivity contribution in [3.8, 4) is 0 Å². The van der Waals surface area contributed by atoms with E-state index in [1.807, 2.05) is 13.8 Å². The van der Waals surface area contributed by atoms with E-state index < -0.39 is 121 Å². The molecule has 0 unspecified atom stereocenters. The van der Waals surface area contributed by atoms with Crippen LogP contribution in [0.15, 0.2) is 12.2 Å². The van der Waals surface area contributed by atoms with Gasteiger partial charge in [-0.25, -0.2) is 0 Å². The van der Waals surface area contributed by atoms with Crippen molar-refractivity contribution >= 4 is 30.0 Å². The molecule has 0 amide bonds. The van der Waals surface area contributed by atoms with Gasteiger partial charge in [0.15, 0.2) is 24.5 Å². The van der Waals surface area contributed by atoms with Crippen LogP contribution in [0, 0.1) is 17.8 Å². The van der Waals surface area contributed by atoms with Crippen LogP contribution in [-0.2, 0) is 61.9 Å². The van der Waals surface area contributed by atoms with Crippen molar-refractivity contribution in [1.29, 1.82) is 0 Å². The van der Waals surface area contributed by atoms with Crippen LogP contribution in [0.1, 0.15) is 100 Å². The van der Waals surface area contributed by atoms with Crippen LogP contribution in [0.5, 0.6) is 0 Å². The summed E-state index contributed by atoms with van der Waals surface area (Å²) in [5.41, 5.74) is -1.52. The molecule has 0 aliphatic carbocycles. The summed E-state index contributed by atoms with van der Waals surface area (Å²) >= 11 is 0. The lowest BCUT2D eigenvalue weighted by atomic mass is 9.83. The first-order chi connectivity index (χ1) is 27.6. The first kappa shape index (κ1) is 50.5. The lowest BCUT2D eigenvalue weighted by Crippen LogP contribution is -2.66. The molecule has 0 aromatic carbocycles. The Kier molecular flexibility index (Phi) is 19.5. The quantitative estimate of drug-likeness (QED) is 0.146. The molecule has 3 aliphatic heterocycles. The summed E-state index contributed by atoms with van der Waals surface area (Å²) in [6.07, 6.45) is -9.20. The number of nitrogens with zero attached hydrogens (tertiary/aromatic N) is 1. The summed E-state index contributed by atoms with van der Waals surface area (Å²) in [6, 6.07) is -0.812. The average Bonchev–Trinajstić information content (AvgIpc) is 3.10. The van der Waals surface area contributed by atoms with Gasteiger partial charge in [-0.1, -0.05) is 26.8 Å². The molecule has 2 saturated heterocycles. The van der Waals surface area contributed by atoms with E-state index in [1.54, 1.807) is 59.7 Å². The zero-order valence-corrected chi connectivity index (χ0v) is 36.5. The number of carbonyl (C=O) groups excluding carboxylic acids is 5. The highest BCUT2D eigenvalue weighted by atomic mass is 16.7. The number of rotatable bonds is 12. The fourth-order valence-corrected chi connectivity index (χ4v) is 8.30. The van der Waals surface area contributed by atoms with Crippen LogP contribution in [-0.4, -0.2) is 157 Å². The number of carbonyl (C=O) groups is 5. The summed E-state index contributed by atoms with van der Waals surface area (Å²) < 4.78 is 48.3. The molecule has 3 N–H and O–H groups in total. The first-order valence-electron chi connectivity index (χ1n) is 20.7. The maximum atomic E-state index is 13.3.